The highest BCUT2D eigenvalue weighted by Gasteiger charge is 2.65. The molecule has 0 aromatic heterocycles. The predicted molar refractivity (Wildman–Crippen MR) is 133 cm³/mol. The molecule has 0 bridgehead atoms. The van der Waals surface area contributed by atoms with Gasteiger partial charge in [0.15, 0.2) is 5.60 Å². The smallest absolute Gasteiger partial charge is 0.390 e. The number of aliphatic hydroxyl groups is 2. The molecule has 0 aromatic rings. The molecule has 0 unspecified atom stereocenters. The third-order valence-corrected chi connectivity index (χ3v) is 12.9. The van der Waals surface area contributed by atoms with Crippen LogP contribution in [0.15, 0.2) is 0 Å². The lowest BCUT2D eigenvalue weighted by atomic mass is 9.43. The quantitative estimate of drug-likeness (QED) is 0.412. The predicted octanol–water partition coefficient (Wildman–Crippen LogP) is 8.05. The first-order valence-electron chi connectivity index (χ1n) is 14.8. The summed E-state index contributed by atoms with van der Waals surface area (Å²) in [6.07, 6.45) is 10.1. The summed E-state index contributed by atoms with van der Waals surface area (Å²) in [6, 6.07) is 0. The van der Waals surface area contributed by atoms with E-state index in [1.54, 1.807) is 0 Å². The molecule has 0 amide bonds. The van der Waals surface area contributed by atoms with Gasteiger partial charge in [-0.25, -0.2) is 0 Å². The molecule has 2 N–H and O–H groups in total. The van der Waals surface area contributed by atoms with Crippen LogP contribution < -0.4 is 0 Å². The Kier molecular flexibility index (Phi) is 6.68. The molecule has 0 aromatic carbocycles. The average molecular weight is 499 g/mol. The van der Waals surface area contributed by atoms with Crippen molar-refractivity contribution in [1.29, 1.82) is 0 Å². The monoisotopic (exact) mass is 498 g/mol. The fourth-order valence-corrected chi connectivity index (χ4v) is 10.6. The Balaban J connectivity index is 1.27. The third-order valence-electron chi connectivity index (χ3n) is 12.9. The van der Waals surface area contributed by atoms with E-state index < -0.39 is 17.4 Å². The van der Waals surface area contributed by atoms with Crippen molar-refractivity contribution in [2.24, 2.45) is 46.3 Å². The van der Waals surface area contributed by atoms with Crippen LogP contribution in [0.1, 0.15) is 124 Å². The summed E-state index contributed by atoms with van der Waals surface area (Å²) in [5, 5.41) is 21.5. The van der Waals surface area contributed by atoms with Gasteiger partial charge >= 0.3 is 6.18 Å². The van der Waals surface area contributed by atoms with Crippen molar-refractivity contribution in [2.45, 2.75) is 141 Å². The molecule has 5 fully saturated rings. The second kappa shape index (κ2) is 8.89. The molecular formula is C30H49F3O2. The maximum absolute atomic E-state index is 13.6. The molecule has 0 heterocycles. The van der Waals surface area contributed by atoms with E-state index in [1.165, 1.54) is 25.7 Å². The Morgan fingerprint density at radius 3 is 2.17 bits per heavy atom. The van der Waals surface area contributed by atoms with Gasteiger partial charge in [-0.1, -0.05) is 40.0 Å². The minimum absolute atomic E-state index is 0.0131. The van der Waals surface area contributed by atoms with Gasteiger partial charge in [-0.05, 0) is 130 Å². The number of fused-ring (bicyclic) bond motifs is 5. The maximum Gasteiger partial charge on any atom is 0.417 e. The first-order valence-corrected chi connectivity index (χ1v) is 14.8. The van der Waals surface area contributed by atoms with Crippen LogP contribution in [-0.2, 0) is 0 Å². The normalized spacial score (nSPS) is 48.5. The second-order valence-electron chi connectivity index (χ2n) is 14.4. The topological polar surface area (TPSA) is 40.5 Å². The summed E-state index contributed by atoms with van der Waals surface area (Å²) in [6.45, 7) is 7.23. The van der Waals surface area contributed by atoms with E-state index in [9.17, 15) is 23.4 Å². The van der Waals surface area contributed by atoms with Gasteiger partial charge in [0.1, 0.15) is 0 Å². The Morgan fingerprint density at radius 2 is 1.49 bits per heavy atom. The fraction of sp³-hybridized carbons (Fsp3) is 1.00. The minimum atomic E-state index is -4.52. The number of rotatable bonds is 4. The summed E-state index contributed by atoms with van der Waals surface area (Å²) >= 11 is 0. The first-order chi connectivity index (χ1) is 16.3. The molecule has 0 spiro atoms. The van der Waals surface area contributed by atoms with Crippen LogP contribution in [0.25, 0.3) is 0 Å². The Hall–Kier alpha value is -0.290. The molecular weight excluding hydrogens is 449 g/mol. The van der Waals surface area contributed by atoms with Crippen LogP contribution in [0.3, 0.4) is 0 Å². The molecule has 5 aliphatic rings. The van der Waals surface area contributed by atoms with E-state index >= 15 is 0 Å². The summed E-state index contributed by atoms with van der Waals surface area (Å²) in [5.41, 5.74) is -2.64. The molecule has 2 nitrogen and oxygen atoms in total. The zero-order valence-electron chi connectivity index (χ0n) is 22.3. The van der Waals surface area contributed by atoms with Crippen molar-refractivity contribution in [2.75, 3.05) is 0 Å². The number of hydrogen-bond acceptors (Lipinski definition) is 2. The van der Waals surface area contributed by atoms with Gasteiger partial charge in [0.2, 0.25) is 0 Å². The number of halogens is 3. The highest BCUT2D eigenvalue weighted by molar-refractivity contribution is 5.11. The fourth-order valence-electron chi connectivity index (χ4n) is 10.6. The van der Waals surface area contributed by atoms with Crippen LogP contribution in [0.2, 0.25) is 0 Å². The van der Waals surface area contributed by atoms with Gasteiger partial charge < -0.3 is 10.2 Å². The Morgan fingerprint density at radius 1 is 0.800 bits per heavy atom. The largest absolute Gasteiger partial charge is 0.417 e. The molecule has 5 rings (SSSR count). The van der Waals surface area contributed by atoms with Crippen LogP contribution in [-0.4, -0.2) is 27.6 Å². The summed E-state index contributed by atoms with van der Waals surface area (Å²) < 4.78 is 40.9. The van der Waals surface area contributed by atoms with E-state index in [2.05, 4.69) is 20.8 Å². The standard InChI is InChI=1S/C30H49F3O2/c1-20(11-16-28(34)13-5-4-6-14-28)23-9-10-24-22-8-7-21-19-29(35,30(31,32)33)18-17-26(21,2)25(22)12-15-27(23,24)3/h20-25,34-35H,4-19H2,1-3H3/t20-,21+,22+,23-,24+,25+,26+,27-,29+/m1/s1. The van der Waals surface area contributed by atoms with E-state index in [1.807, 2.05) is 0 Å². The summed E-state index contributed by atoms with van der Waals surface area (Å²) in [4.78, 5) is 0. The molecule has 35 heavy (non-hydrogen) atoms. The van der Waals surface area contributed by atoms with E-state index in [0.717, 1.165) is 57.8 Å². The van der Waals surface area contributed by atoms with Gasteiger partial charge in [-0.15, -0.1) is 0 Å². The lowest BCUT2D eigenvalue weighted by molar-refractivity contribution is -0.290. The average Bonchev–Trinajstić information content (AvgIpc) is 3.15. The van der Waals surface area contributed by atoms with Crippen LogP contribution in [0, 0.1) is 46.3 Å². The zero-order valence-corrected chi connectivity index (χ0v) is 22.3. The molecule has 5 saturated carbocycles. The second-order valence-corrected chi connectivity index (χ2v) is 14.4. The van der Waals surface area contributed by atoms with Crippen LogP contribution >= 0.6 is 0 Å². The number of hydrogen-bond donors (Lipinski definition) is 2. The first kappa shape index (κ1) is 26.3. The molecule has 202 valence electrons. The van der Waals surface area contributed by atoms with Gasteiger partial charge in [0, 0.05) is 0 Å². The van der Waals surface area contributed by atoms with Crippen molar-refractivity contribution in [3.63, 3.8) is 0 Å². The van der Waals surface area contributed by atoms with Crippen LogP contribution in [0.4, 0.5) is 13.2 Å². The molecule has 5 aliphatic carbocycles. The maximum atomic E-state index is 13.6. The summed E-state index contributed by atoms with van der Waals surface area (Å²) in [5.74, 6) is 3.14. The highest BCUT2D eigenvalue weighted by atomic mass is 19.4. The van der Waals surface area contributed by atoms with Crippen molar-refractivity contribution >= 4 is 0 Å². The van der Waals surface area contributed by atoms with Crippen molar-refractivity contribution in [1.82, 2.24) is 0 Å². The van der Waals surface area contributed by atoms with E-state index in [0.29, 0.717) is 41.4 Å². The van der Waals surface area contributed by atoms with Crippen molar-refractivity contribution in [3.8, 4) is 0 Å². The highest BCUT2D eigenvalue weighted by Crippen LogP contribution is 2.69. The Bertz CT molecular complexity index is 776. The SMILES string of the molecule is C[C@H](CCC1(O)CCCCC1)[C@H]1CC[C@H]2[C@@H]3CC[C@H]4C[C@](O)(C(F)(F)F)CC[C@]4(C)[C@H]3CC[C@]12C. The van der Waals surface area contributed by atoms with Gasteiger partial charge in [0.05, 0.1) is 5.60 Å². The Labute approximate surface area is 210 Å². The number of alkyl halides is 3. The lowest BCUT2D eigenvalue weighted by Gasteiger charge is -2.62. The van der Waals surface area contributed by atoms with Gasteiger partial charge in [-0.2, -0.15) is 13.2 Å². The molecule has 0 radical (unpaired) electrons. The molecule has 0 saturated heterocycles. The molecule has 0 aliphatic heterocycles. The molecule has 5 heteroatoms. The van der Waals surface area contributed by atoms with E-state index in [4.69, 9.17) is 0 Å². The van der Waals surface area contributed by atoms with Crippen LogP contribution in [0.5, 0.6) is 0 Å². The van der Waals surface area contributed by atoms with Crippen molar-refractivity contribution in [3.05, 3.63) is 0 Å². The summed E-state index contributed by atoms with van der Waals surface area (Å²) in [7, 11) is 0. The zero-order chi connectivity index (χ0) is 25.3. The third kappa shape index (κ3) is 4.31. The minimum Gasteiger partial charge on any atom is -0.390 e. The van der Waals surface area contributed by atoms with Gasteiger partial charge in [0.25, 0.3) is 0 Å². The van der Waals surface area contributed by atoms with Crippen molar-refractivity contribution < 1.29 is 23.4 Å². The molecule has 9 atom stereocenters. The lowest BCUT2D eigenvalue weighted by Crippen LogP contribution is -2.59. The van der Waals surface area contributed by atoms with E-state index in [-0.39, 0.29) is 24.2 Å². The van der Waals surface area contributed by atoms with Gasteiger partial charge in [-0.3, -0.25) is 0 Å².